The zero-order chi connectivity index (χ0) is 37.2. The molecule has 2 aliphatic rings. The molecule has 13 nitrogen and oxygen atoms in total. The fraction of sp³-hybridized carbons (Fsp3) is 0.410. The first-order valence-electron chi connectivity index (χ1n) is 17.3. The van der Waals surface area contributed by atoms with Crippen molar-refractivity contribution in [2.45, 2.75) is 88.6 Å². The van der Waals surface area contributed by atoms with Gasteiger partial charge in [0.25, 0.3) is 0 Å². The molecule has 0 saturated carbocycles. The maximum absolute atomic E-state index is 13.0. The summed E-state index contributed by atoms with van der Waals surface area (Å²) in [6.07, 6.45) is 4.75. The maximum Gasteiger partial charge on any atom is 0.310 e. The SMILES string of the molecule is C=COC(=O)CCCCCCCCCCC(=O)OC[C@H]1Oc2ccc([C@H]3Oc4cc(O)cc(O)c4C(=O)[C@@H]3O)cc2O[C@@H]1c1ccc(O)c(OC)c1. The third-order valence-electron chi connectivity index (χ3n) is 8.96. The monoisotopic (exact) mass is 720 g/mol. The minimum Gasteiger partial charge on any atom is -0.508 e. The molecule has 0 spiro atoms. The second kappa shape index (κ2) is 17.7. The van der Waals surface area contributed by atoms with Crippen LogP contribution in [0, 0.1) is 0 Å². The molecule has 2 heterocycles. The number of methoxy groups -OCH3 is 1. The first kappa shape index (κ1) is 37.8. The van der Waals surface area contributed by atoms with Gasteiger partial charge in [-0.2, -0.15) is 0 Å². The zero-order valence-corrected chi connectivity index (χ0v) is 29.0. The first-order valence-corrected chi connectivity index (χ1v) is 17.3. The molecule has 0 saturated heterocycles. The van der Waals surface area contributed by atoms with Crippen molar-refractivity contribution in [3.63, 3.8) is 0 Å². The van der Waals surface area contributed by atoms with E-state index in [0.717, 1.165) is 57.3 Å². The predicted octanol–water partition coefficient (Wildman–Crippen LogP) is 6.50. The molecule has 0 aromatic heterocycles. The molecule has 278 valence electrons. The quantitative estimate of drug-likeness (QED) is 0.0673. The van der Waals surface area contributed by atoms with Crippen molar-refractivity contribution in [1.82, 2.24) is 0 Å². The lowest BCUT2D eigenvalue weighted by atomic mass is 9.92. The lowest BCUT2D eigenvalue weighted by Crippen LogP contribution is -2.38. The number of aliphatic hydroxyl groups excluding tert-OH is 1. The Morgan fingerprint density at radius 1 is 0.750 bits per heavy atom. The molecule has 0 amide bonds. The topological polar surface area (TPSA) is 188 Å². The Balaban J connectivity index is 1.19. The van der Waals surface area contributed by atoms with E-state index in [-0.39, 0.29) is 59.3 Å². The molecule has 52 heavy (non-hydrogen) atoms. The Kier molecular flexibility index (Phi) is 12.9. The van der Waals surface area contributed by atoms with E-state index in [9.17, 15) is 34.8 Å². The van der Waals surface area contributed by atoms with Crippen LogP contribution in [0.3, 0.4) is 0 Å². The van der Waals surface area contributed by atoms with Crippen molar-refractivity contribution < 1.29 is 63.2 Å². The van der Waals surface area contributed by atoms with E-state index in [1.807, 2.05) is 0 Å². The normalized spacial score (nSPS) is 18.8. The summed E-state index contributed by atoms with van der Waals surface area (Å²) < 4.78 is 34.2. The average molecular weight is 721 g/mol. The lowest BCUT2D eigenvalue weighted by Gasteiger charge is -2.35. The van der Waals surface area contributed by atoms with Crippen LogP contribution in [0.1, 0.15) is 97.9 Å². The number of fused-ring (bicyclic) bond motifs is 2. The molecule has 5 rings (SSSR count). The van der Waals surface area contributed by atoms with Crippen molar-refractivity contribution in [3.05, 3.63) is 78.1 Å². The largest absolute Gasteiger partial charge is 0.508 e. The Hall–Kier alpha value is -5.43. The fourth-order valence-corrected chi connectivity index (χ4v) is 6.27. The van der Waals surface area contributed by atoms with Gasteiger partial charge in [0.15, 0.2) is 47.4 Å². The Morgan fingerprint density at radius 3 is 2.08 bits per heavy atom. The molecule has 4 N–H and O–H groups in total. The molecular weight excluding hydrogens is 676 g/mol. The average Bonchev–Trinajstić information content (AvgIpc) is 3.12. The number of phenolic OH excluding ortho intramolecular Hbond substituents is 3. The van der Waals surface area contributed by atoms with Crippen LogP contribution in [0.5, 0.6) is 40.2 Å². The summed E-state index contributed by atoms with van der Waals surface area (Å²) in [5, 5.41) is 41.2. The van der Waals surface area contributed by atoms with Gasteiger partial charge in [0, 0.05) is 30.5 Å². The van der Waals surface area contributed by atoms with Crippen LogP contribution in [0.4, 0.5) is 0 Å². The third-order valence-corrected chi connectivity index (χ3v) is 8.96. The summed E-state index contributed by atoms with van der Waals surface area (Å²) in [6.45, 7) is 3.24. The zero-order valence-electron chi connectivity index (χ0n) is 29.0. The van der Waals surface area contributed by atoms with Gasteiger partial charge in [0.1, 0.15) is 29.4 Å². The van der Waals surface area contributed by atoms with Gasteiger partial charge in [-0.15, -0.1) is 0 Å². The van der Waals surface area contributed by atoms with Gasteiger partial charge < -0.3 is 48.8 Å². The predicted molar refractivity (Wildman–Crippen MR) is 186 cm³/mol. The summed E-state index contributed by atoms with van der Waals surface area (Å²) in [4.78, 5) is 37.1. The molecule has 3 aromatic carbocycles. The fourth-order valence-electron chi connectivity index (χ4n) is 6.27. The molecule has 0 bridgehead atoms. The lowest BCUT2D eigenvalue weighted by molar-refractivity contribution is -0.148. The second-order valence-corrected chi connectivity index (χ2v) is 12.7. The number of carbonyl (C=O) groups excluding carboxylic acids is 3. The van der Waals surface area contributed by atoms with Crippen molar-refractivity contribution in [1.29, 1.82) is 0 Å². The van der Waals surface area contributed by atoms with Gasteiger partial charge in [0.05, 0.1) is 13.4 Å². The highest BCUT2D eigenvalue weighted by molar-refractivity contribution is 6.05. The van der Waals surface area contributed by atoms with E-state index in [2.05, 4.69) is 6.58 Å². The van der Waals surface area contributed by atoms with Crippen LogP contribution in [0.25, 0.3) is 0 Å². The van der Waals surface area contributed by atoms with Gasteiger partial charge >= 0.3 is 11.9 Å². The number of aromatic hydroxyl groups is 3. The van der Waals surface area contributed by atoms with Gasteiger partial charge in [-0.25, -0.2) is 0 Å². The van der Waals surface area contributed by atoms with Crippen LogP contribution >= 0.6 is 0 Å². The summed E-state index contributed by atoms with van der Waals surface area (Å²) >= 11 is 0. The summed E-state index contributed by atoms with van der Waals surface area (Å²) in [5.41, 5.74) is 0.688. The third kappa shape index (κ3) is 9.26. The van der Waals surface area contributed by atoms with Crippen molar-refractivity contribution in [2.75, 3.05) is 13.7 Å². The first-order chi connectivity index (χ1) is 25.1. The van der Waals surface area contributed by atoms with Crippen LogP contribution < -0.4 is 18.9 Å². The van der Waals surface area contributed by atoms with E-state index >= 15 is 0 Å². The van der Waals surface area contributed by atoms with Crippen LogP contribution in [0.2, 0.25) is 0 Å². The molecule has 0 unspecified atom stereocenters. The summed E-state index contributed by atoms with van der Waals surface area (Å²) in [5.74, 6) is -1.62. The maximum atomic E-state index is 13.0. The van der Waals surface area contributed by atoms with Crippen LogP contribution in [0.15, 0.2) is 61.4 Å². The summed E-state index contributed by atoms with van der Waals surface area (Å²) in [6, 6.07) is 11.6. The molecule has 0 aliphatic carbocycles. The van der Waals surface area contributed by atoms with Crippen LogP contribution in [-0.4, -0.2) is 64.1 Å². The highest BCUT2D eigenvalue weighted by Gasteiger charge is 2.41. The number of ketones is 1. The van der Waals surface area contributed by atoms with Crippen molar-refractivity contribution >= 4 is 17.7 Å². The highest BCUT2D eigenvalue weighted by atomic mass is 16.6. The number of rotatable bonds is 17. The number of carbonyl (C=O) groups is 3. The van der Waals surface area contributed by atoms with Crippen molar-refractivity contribution in [3.8, 4) is 40.2 Å². The number of esters is 2. The van der Waals surface area contributed by atoms with Gasteiger partial charge in [-0.3, -0.25) is 14.4 Å². The van der Waals surface area contributed by atoms with Gasteiger partial charge in [-0.1, -0.05) is 57.2 Å². The Labute approximate surface area is 301 Å². The Morgan fingerprint density at radius 2 is 1.38 bits per heavy atom. The number of unbranched alkanes of at least 4 members (excludes halogenated alkanes) is 7. The number of phenols is 3. The van der Waals surface area contributed by atoms with Crippen LogP contribution in [-0.2, 0) is 19.1 Å². The molecule has 3 aromatic rings. The van der Waals surface area contributed by atoms with Gasteiger partial charge in [0.2, 0.25) is 5.78 Å². The van der Waals surface area contributed by atoms with E-state index in [1.54, 1.807) is 30.3 Å². The Bertz CT molecular complexity index is 1750. The molecule has 4 atom stereocenters. The van der Waals surface area contributed by atoms with E-state index in [4.69, 9.17) is 28.4 Å². The number of hydrogen-bond acceptors (Lipinski definition) is 13. The number of aliphatic hydroxyl groups is 1. The standard InChI is InChI=1S/C39H44O13/c1-3-48-33(43)12-10-8-6-4-5-7-9-11-13-34(44)49-22-32-38(23-14-16-26(41)29(18-23)47-2)51-30-19-24(15-17-28(30)50-32)39-37(46)36(45)35-27(42)20-25(40)21-31(35)52-39/h3,14-21,32,37-42,46H,1,4-13,22H2,2H3/t32-,37+,38-,39-/m1/s1. The molecular formula is C39H44O13. The second-order valence-electron chi connectivity index (χ2n) is 12.7. The summed E-state index contributed by atoms with van der Waals surface area (Å²) in [7, 11) is 1.41. The van der Waals surface area contributed by atoms with Crippen molar-refractivity contribution in [2.24, 2.45) is 0 Å². The minimum absolute atomic E-state index is 0.0788. The van der Waals surface area contributed by atoms with E-state index in [0.29, 0.717) is 29.7 Å². The highest BCUT2D eigenvalue weighted by Crippen LogP contribution is 2.46. The number of benzene rings is 3. The number of hydrogen-bond donors (Lipinski definition) is 4. The van der Waals surface area contributed by atoms with Gasteiger partial charge in [-0.05, 0) is 42.7 Å². The van der Waals surface area contributed by atoms with E-state index < -0.39 is 35.9 Å². The molecule has 0 fully saturated rings. The minimum atomic E-state index is -1.67. The number of Topliss-reactive ketones (excluding diaryl/α,β-unsaturated/α-hetero) is 1. The molecule has 13 heteroatoms. The smallest absolute Gasteiger partial charge is 0.310 e. The van der Waals surface area contributed by atoms with E-state index in [1.165, 1.54) is 19.2 Å². The molecule has 0 radical (unpaired) electrons. The number of ether oxygens (including phenoxy) is 6. The molecule has 2 aliphatic heterocycles.